The number of benzene rings is 2. The number of rotatable bonds is 36. The van der Waals surface area contributed by atoms with E-state index >= 15 is 13.2 Å². The van der Waals surface area contributed by atoms with Gasteiger partial charge in [0.2, 0.25) is 17.6 Å². The predicted octanol–water partition coefficient (Wildman–Crippen LogP) is 9.68. The van der Waals surface area contributed by atoms with Crippen molar-refractivity contribution in [3.8, 4) is 22.7 Å². The predicted molar refractivity (Wildman–Crippen MR) is 501 cm³/mol. The van der Waals surface area contributed by atoms with E-state index in [1.165, 1.54) is 54.7 Å². The van der Waals surface area contributed by atoms with E-state index in [-0.39, 0.29) is 132 Å². The highest BCUT2D eigenvalue weighted by atomic mass is 19.4. The topological polar surface area (TPSA) is 422 Å². The second kappa shape index (κ2) is 52.3. The number of cyclic esters (lactones) is 1. The number of methoxy groups -OCH3 is 3. The first-order valence-corrected chi connectivity index (χ1v) is 47.7. The van der Waals surface area contributed by atoms with Gasteiger partial charge in [-0.05, 0) is 163 Å². The number of esters is 1. The van der Waals surface area contributed by atoms with Crippen LogP contribution < -0.4 is 26.4 Å². The molecule has 752 valence electrons. The zero-order valence-corrected chi connectivity index (χ0v) is 80.3. The molecular formula is C99H137F3N12O23. The molecule has 3 saturated heterocycles. The highest BCUT2D eigenvalue weighted by molar-refractivity contribution is 6.39. The second-order valence-corrected chi connectivity index (χ2v) is 36.3. The summed E-state index contributed by atoms with van der Waals surface area (Å²) >= 11 is 0. The van der Waals surface area contributed by atoms with Crippen LogP contribution in [0.4, 0.5) is 23.7 Å². The number of aliphatic hydroxyl groups excluding tert-OH is 2. The molecule has 0 unspecified atom stereocenters. The van der Waals surface area contributed by atoms with E-state index in [4.69, 9.17) is 62.6 Å². The van der Waals surface area contributed by atoms with Gasteiger partial charge in [0.1, 0.15) is 30.1 Å². The summed E-state index contributed by atoms with van der Waals surface area (Å²) in [5.74, 6) is -9.24. The Bertz CT molecular complexity index is 5170. The molecule has 8 heterocycles. The standard InChI is InChI=1S/C99H137F3N12O23/c1-63-18-12-11-13-19-64(2)79(106-96(123)128-10)58-74-27-22-68(6)98(125,137-74)93(120)94(121)113-33-16-14-21-81(113)95(122)136-85(59-83(115)65(3)53-67(5)91(118)92(119)90(117)66(4)52-63)77(103)54-69-23-30-84(86(55-69)126-8)135-39-17-15-20-72-62-112(108-107-72)38-41-130-43-45-132-47-49-134-51-50-133-48-46-131-44-42-129-40-32-88(116)111-36-34-110(35-37-111)80-29-26-73(57-76(80)99(100,101)102)114-89-75-56-70(71-25-31-87(127-9)105-60-71)24-28-78(75)104-61-82(89)109(7)97(114)124/h11-13,18-19,24-26,28-29,31,53,56-57,60-63,65-66,68-69,74,77,79,81,84-86,91-92,118-119,125H,14-17,20-23,27,30,32-52,54-55,58-59,103H2,1-10H3,(H,106,123)/b13-11-,18-12-,64-19-,67-53-/t63-,65-,66-,68-,69+,74+,77-,79+,81+,84-,85+,86-,91-,92+,98-/m1/s1. The molecule has 0 radical (unpaired) electrons. The van der Waals surface area contributed by atoms with E-state index in [0.717, 1.165) is 40.6 Å². The Morgan fingerprint density at radius 1 is 0.715 bits per heavy atom. The van der Waals surface area contributed by atoms with E-state index in [2.05, 4.69) is 25.6 Å². The lowest BCUT2D eigenvalue weighted by atomic mass is 9.80. The maximum absolute atomic E-state index is 15.0. The number of carbonyl (C=O) groups is 7. The molecule has 2 aromatic carbocycles. The number of nitrogens with two attached hydrogens (primary N) is 1. The number of alkyl halides is 3. The van der Waals surface area contributed by atoms with Gasteiger partial charge in [0.05, 0.1) is 171 Å². The first-order chi connectivity index (χ1) is 65.8. The third-order valence-electron chi connectivity index (χ3n) is 26.4. The van der Waals surface area contributed by atoms with Gasteiger partial charge in [-0.15, -0.1) is 5.10 Å². The minimum absolute atomic E-state index is 0.0250. The maximum Gasteiger partial charge on any atom is 0.418 e. The number of alkyl carbamates (subject to hydrolysis) is 1. The van der Waals surface area contributed by atoms with Crippen molar-refractivity contribution in [3.63, 3.8) is 0 Å². The quantitative estimate of drug-likeness (QED) is 0.0106. The molecule has 11 rings (SSSR count). The van der Waals surface area contributed by atoms with Crippen molar-refractivity contribution >= 4 is 68.9 Å². The van der Waals surface area contributed by atoms with Gasteiger partial charge >= 0.3 is 23.9 Å². The fraction of sp³-hybridized carbons (Fsp3) is 0.616. The Morgan fingerprint density at radius 2 is 1.41 bits per heavy atom. The van der Waals surface area contributed by atoms with Crippen molar-refractivity contribution in [3.05, 3.63) is 136 Å². The molecule has 2 bridgehead atoms. The summed E-state index contributed by atoms with van der Waals surface area (Å²) < 4.78 is 119. The van der Waals surface area contributed by atoms with Crippen molar-refractivity contribution in [2.45, 2.75) is 218 Å². The molecular weight excluding hydrogens is 1780 g/mol. The Hall–Kier alpha value is -10.1. The fourth-order valence-electron chi connectivity index (χ4n) is 18.3. The van der Waals surface area contributed by atoms with Crippen molar-refractivity contribution in [1.29, 1.82) is 0 Å². The van der Waals surface area contributed by atoms with E-state index < -0.39 is 119 Å². The van der Waals surface area contributed by atoms with Crippen molar-refractivity contribution in [2.75, 3.05) is 145 Å². The van der Waals surface area contributed by atoms with Crippen LogP contribution in [-0.4, -0.2) is 301 Å². The number of aromatic nitrogens is 7. The minimum Gasteiger partial charge on any atom is -0.481 e. The van der Waals surface area contributed by atoms with Gasteiger partial charge in [0, 0.05) is 119 Å². The molecule has 3 amide bonds. The van der Waals surface area contributed by atoms with E-state index in [1.54, 1.807) is 99.0 Å². The summed E-state index contributed by atoms with van der Waals surface area (Å²) in [5, 5.41) is 46.8. The number of piperidine rings is 1. The number of nitrogens with zero attached hydrogens (tertiary/aromatic N) is 10. The SMILES string of the molecule is COC(=O)N[C@H]1C[C@@H]2CC[C@@H](C)[C@@](O)(O2)C(=O)C(=O)N2CCCC[C@H]2C(=O)O[C@H]([C@H](N)C[C@@H]2CC[C@@H](OCCCCc3cn(CCOCCOCCOCCOCCOCCOCCC(=O)N4CCN(c5ccc(-n6c(=O)n(C)c7cnc8ccc(-c9ccc(OC)nc9)cc8c76)cc5C(F)(F)F)CC4)nn3)[C@H](OC)C2)CC(=O)[C@H](C)/C=C(/C)[C@@H](O)[C@@H](O)C(=O)[C@H](C)C[C@H](C)\C=C/C=C\C=C/1C. The van der Waals surface area contributed by atoms with Crippen molar-refractivity contribution in [2.24, 2.45) is 42.4 Å². The number of aliphatic hydroxyl groups is 3. The van der Waals surface area contributed by atoms with Gasteiger partial charge in [-0.2, -0.15) is 13.2 Å². The number of allylic oxidation sites excluding steroid dienone is 6. The Labute approximate surface area is 797 Å². The number of piperazine rings is 1. The van der Waals surface area contributed by atoms with Gasteiger partial charge in [-0.25, -0.2) is 24.0 Å². The van der Waals surface area contributed by atoms with Crippen LogP contribution in [-0.2, 0) is 107 Å². The molecule has 1 aliphatic carbocycles. The number of ketones is 3. The van der Waals surface area contributed by atoms with Crippen LogP contribution in [0.25, 0.3) is 38.8 Å². The van der Waals surface area contributed by atoms with Gasteiger partial charge in [-0.1, -0.05) is 81.0 Å². The lowest BCUT2D eigenvalue weighted by Crippen LogP contribution is -2.61. The Balaban J connectivity index is 0.537. The molecule has 5 aliphatic rings. The zero-order valence-electron chi connectivity index (χ0n) is 80.3. The number of amides is 3. The maximum atomic E-state index is 15.0. The van der Waals surface area contributed by atoms with Crippen molar-refractivity contribution < 1.29 is 119 Å². The number of carbonyl (C=O) groups excluding carboxylic acids is 7. The molecule has 4 fully saturated rings. The van der Waals surface area contributed by atoms with Crippen molar-refractivity contribution in [1.82, 2.24) is 49.2 Å². The number of halogens is 3. The highest BCUT2D eigenvalue weighted by Gasteiger charge is 2.54. The van der Waals surface area contributed by atoms with Gasteiger partial charge in [0.25, 0.3) is 11.7 Å². The van der Waals surface area contributed by atoms with E-state index in [9.17, 15) is 53.7 Å². The number of hydrogen-bond acceptors (Lipinski definition) is 29. The minimum atomic E-state index is -4.77. The Kier molecular flexibility index (Phi) is 41.0. The molecule has 6 aromatic rings. The number of imidazole rings is 1. The number of Topliss-reactive ketones (excluding diaryl/α,β-unsaturated/α-hetero) is 3. The number of nitrogens with one attached hydrogen (secondary N) is 1. The molecule has 0 spiro atoms. The molecule has 137 heavy (non-hydrogen) atoms. The van der Waals surface area contributed by atoms with Crippen LogP contribution in [0.1, 0.15) is 149 Å². The summed E-state index contributed by atoms with van der Waals surface area (Å²) in [7, 11) is 5.92. The fourth-order valence-corrected chi connectivity index (χ4v) is 18.3. The summed E-state index contributed by atoms with van der Waals surface area (Å²) in [6, 6.07) is 10.0. The van der Waals surface area contributed by atoms with E-state index in [1.807, 2.05) is 37.4 Å². The van der Waals surface area contributed by atoms with Gasteiger partial charge in [0.15, 0.2) is 5.78 Å². The smallest absolute Gasteiger partial charge is 0.418 e. The lowest BCUT2D eigenvalue weighted by molar-refractivity contribution is -0.264. The summed E-state index contributed by atoms with van der Waals surface area (Å²) in [4.78, 5) is 125. The molecule has 15 atom stereocenters. The first-order valence-electron chi connectivity index (χ1n) is 47.7. The third kappa shape index (κ3) is 29.8. The third-order valence-corrected chi connectivity index (χ3v) is 26.4. The number of aryl methyl sites for hydroxylation is 2. The normalized spacial score (nSPS) is 26.2. The summed E-state index contributed by atoms with van der Waals surface area (Å²) in [6.07, 6.45) is 10.2. The molecule has 4 aromatic heterocycles. The van der Waals surface area contributed by atoms with Crippen LogP contribution >= 0.6 is 0 Å². The molecule has 6 N–H and O–H groups in total. The largest absolute Gasteiger partial charge is 0.481 e. The highest BCUT2D eigenvalue weighted by Crippen LogP contribution is 2.42. The number of unbranched alkanes of at least 4 members (excludes halogenated alkanes) is 1. The van der Waals surface area contributed by atoms with Crippen LogP contribution in [0.2, 0.25) is 0 Å². The average molecular weight is 1920 g/mol. The number of hydrogen-bond donors (Lipinski definition) is 5. The number of anilines is 1. The van der Waals surface area contributed by atoms with Crippen LogP contribution in [0.15, 0.2) is 120 Å². The molecule has 38 heteroatoms. The number of ether oxygens (including phenoxy) is 12. The Morgan fingerprint density at radius 3 is 2.08 bits per heavy atom. The zero-order chi connectivity index (χ0) is 98.5. The van der Waals surface area contributed by atoms with Crippen LogP contribution in [0, 0.1) is 29.6 Å². The monoisotopic (exact) mass is 1920 g/mol. The molecule has 35 nitrogen and oxygen atoms in total. The average Bonchev–Trinajstić information content (AvgIpc) is 1.58. The van der Waals surface area contributed by atoms with E-state index in [0.29, 0.717) is 164 Å². The molecule has 4 aliphatic heterocycles. The summed E-state index contributed by atoms with van der Waals surface area (Å²) in [5.41, 5.74) is 10.2. The van der Waals surface area contributed by atoms with Gasteiger partial charge in [-0.3, -0.25) is 38.1 Å². The van der Waals surface area contributed by atoms with Crippen LogP contribution in [0.3, 0.4) is 0 Å². The molecule has 1 saturated carbocycles. The lowest BCUT2D eigenvalue weighted by Gasteiger charge is -2.43. The number of pyridine rings is 2. The number of fused-ring (bicyclic) bond motifs is 6. The van der Waals surface area contributed by atoms with Gasteiger partial charge < -0.3 is 97.9 Å². The first kappa shape index (κ1) is 107. The second-order valence-electron chi connectivity index (χ2n) is 36.3. The summed E-state index contributed by atoms with van der Waals surface area (Å²) in [6.45, 7) is 15.8. The van der Waals surface area contributed by atoms with Crippen LogP contribution in [0.5, 0.6) is 5.88 Å².